The van der Waals surface area contributed by atoms with E-state index < -0.39 is 5.97 Å². The standard InChI is InChI=1S/C17H23NO2/c1-10-7-8-12-14(9-10)18-15-11(16(19)20)5-4-6-13(15)17(12,2)3/h4-6,10,12,14,18H,7-9H2,1-3H3,(H,19,20)/t10-,12-,14+/m0/s1. The zero-order valence-corrected chi connectivity index (χ0v) is 12.4. The Labute approximate surface area is 120 Å². The van der Waals surface area contributed by atoms with Gasteiger partial charge >= 0.3 is 5.97 Å². The molecular formula is C17H23NO2. The van der Waals surface area contributed by atoms with Crippen LogP contribution in [0.1, 0.15) is 56.0 Å². The highest BCUT2D eigenvalue weighted by atomic mass is 16.4. The number of para-hydroxylation sites is 1. The van der Waals surface area contributed by atoms with Crippen molar-refractivity contribution in [2.45, 2.75) is 51.5 Å². The van der Waals surface area contributed by atoms with Gasteiger partial charge in [0.1, 0.15) is 0 Å². The largest absolute Gasteiger partial charge is 0.478 e. The second-order valence-corrected chi connectivity index (χ2v) is 7.03. The predicted molar refractivity (Wildman–Crippen MR) is 80.3 cm³/mol. The lowest BCUT2D eigenvalue weighted by molar-refractivity contribution is 0.0697. The molecule has 2 N–H and O–H groups in total. The minimum Gasteiger partial charge on any atom is -0.478 e. The molecule has 3 heteroatoms. The molecule has 0 unspecified atom stereocenters. The smallest absolute Gasteiger partial charge is 0.337 e. The van der Waals surface area contributed by atoms with Gasteiger partial charge in [-0.2, -0.15) is 0 Å². The first-order valence-electron chi connectivity index (χ1n) is 7.54. The van der Waals surface area contributed by atoms with Crippen molar-refractivity contribution in [2.24, 2.45) is 11.8 Å². The average molecular weight is 273 g/mol. The molecule has 3 atom stereocenters. The Hall–Kier alpha value is -1.51. The number of rotatable bonds is 1. The van der Waals surface area contributed by atoms with Crippen LogP contribution in [0.25, 0.3) is 0 Å². The van der Waals surface area contributed by atoms with Gasteiger partial charge in [-0.1, -0.05) is 39.3 Å². The van der Waals surface area contributed by atoms with Crippen LogP contribution in [-0.4, -0.2) is 17.1 Å². The molecule has 1 fully saturated rings. The maximum absolute atomic E-state index is 11.5. The summed E-state index contributed by atoms with van der Waals surface area (Å²) < 4.78 is 0. The third-order valence-corrected chi connectivity index (χ3v) is 5.36. The van der Waals surface area contributed by atoms with E-state index in [0.29, 0.717) is 17.5 Å². The van der Waals surface area contributed by atoms with Crippen LogP contribution in [0.4, 0.5) is 5.69 Å². The number of benzene rings is 1. The Morgan fingerprint density at radius 1 is 1.35 bits per heavy atom. The van der Waals surface area contributed by atoms with Gasteiger partial charge in [0.25, 0.3) is 0 Å². The van der Waals surface area contributed by atoms with E-state index in [4.69, 9.17) is 0 Å². The van der Waals surface area contributed by atoms with Crippen molar-refractivity contribution in [1.29, 1.82) is 0 Å². The number of carbonyl (C=O) groups is 1. The summed E-state index contributed by atoms with van der Waals surface area (Å²) in [5, 5.41) is 13.0. The van der Waals surface area contributed by atoms with Gasteiger partial charge in [-0.15, -0.1) is 0 Å². The maximum Gasteiger partial charge on any atom is 0.337 e. The molecule has 1 aromatic rings. The number of carboxylic acid groups (broad SMARTS) is 1. The van der Waals surface area contributed by atoms with Crippen molar-refractivity contribution in [3.05, 3.63) is 29.3 Å². The van der Waals surface area contributed by atoms with E-state index in [1.54, 1.807) is 6.07 Å². The van der Waals surface area contributed by atoms with Crippen LogP contribution < -0.4 is 5.32 Å². The number of fused-ring (bicyclic) bond motifs is 2. The molecule has 0 radical (unpaired) electrons. The normalized spacial score (nSPS) is 30.9. The molecule has 0 amide bonds. The number of carboxylic acids is 1. The van der Waals surface area contributed by atoms with Crippen LogP contribution in [0.5, 0.6) is 0 Å². The van der Waals surface area contributed by atoms with Crippen molar-refractivity contribution >= 4 is 11.7 Å². The van der Waals surface area contributed by atoms with Gasteiger partial charge in [0.05, 0.1) is 11.3 Å². The summed E-state index contributed by atoms with van der Waals surface area (Å²) >= 11 is 0. The van der Waals surface area contributed by atoms with Crippen LogP contribution in [-0.2, 0) is 5.41 Å². The van der Waals surface area contributed by atoms with Crippen molar-refractivity contribution in [3.8, 4) is 0 Å². The Balaban J connectivity index is 2.11. The van der Waals surface area contributed by atoms with Crippen LogP contribution in [0, 0.1) is 11.8 Å². The first-order chi connectivity index (χ1) is 9.41. The molecule has 1 aromatic carbocycles. The third kappa shape index (κ3) is 1.91. The van der Waals surface area contributed by atoms with Crippen molar-refractivity contribution in [3.63, 3.8) is 0 Å². The maximum atomic E-state index is 11.5. The topological polar surface area (TPSA) is 49.3 Å². The number of hydrogen-bond acceptors (Lipinski definition) is 2. The van der Waals surface area contributed by atoms with Gasteiger partial charge in [-0.25, -0.2) is 4.79 Å². The lowest BCUT2D eigenvalue weighted by Gasteiger charge is -2.50. The highest BCUT2D eigenvalue weighted by Crippen LogP contribution is 2.49. The predicted octanol–water partition coefficient (Wildman–Crippen LogP) is 3.89. The summed E-state index contributed by atoms with van der Waals surface area (Å²) in [5.41, 5.74) is 2.46. The van der Waals surface area contributed by atoms with Crippen molar-refractivity contribution < 1.29 is 9.90 Å². The molecule has 0 bridgehead atoms. The monoisotopic (exact) mass is 273 g/mol. The van der Waals surface area contributed by atoms with Gasteiger partial charge in [0.15, 0.2) is 0 Å². The van der Waals surface area contributed by atoms with E-state index in [1.807, 2.05) is 6.07 Å². The third-order valence-electron chi connectivity index (χ3n) is 5.36. The fraction of sp³-hybridized carbons (Fsp3) is 0.588. The van der Waals surface area contributed by atoms with Crippen LogP contribution in [0.2, 0.25) is 0 Å². The molecule has 0 spiro atoms. The minimum absolute atomic E-state index is 0.0385. The van der Waals surface area contributed by atoms with Crippen LogP contribution in [0.3, 0.4) is 0 Å². The second-order valence-electron chi connectivity index (χ2n) is 7.03. The Morgan fingerprint density at radius 3 is 2.80 bits per heavy atom. The minimum atomic E-state index is -0.840. The van der Waals surface area contributed by atoms with E-state index >= 15 is 0 Å². The van der Waals surface area contributed by atoms with E-state index in [-0.39, 0.29) is 5.41 Å². The van der Waals surface area contributed by atoms with E-state index in [0.717, 1.165) is 23.6 Å². The molecule has 20 heavy (non-hydrogen) atoms. The van der Waals surface area contributed by atoms with E-state index in [2.05, 4.69) is 32.2 Å². The molecule has 0 aromatic heterocycles. The zero-order valence-electron chi connectivity index (χ0n) is 12.4. The van der Waals surface area contributed by atoms with Crippen LogP contribution in [0.15, 0.2) is 18.2 Å². The summed E-state index contributed by atoms with van der Waals surface area (Å²) in [6.07, 6.45) is 3.64. The Morgan fingerprint density at radius 2 is 2.10 bits per heavy atom. The number of nitrogens with one attached hydrogen (secondary N) is 1. The summed E-state index contributed by atoms with van der Waals surface area (Å²) in [6, 6.07) is 6.07. The number of hydrogen-bond donors (Lipinski definition) is 2. The molecule has 3 nitrogen and oxygen atoms in total. The molecule has 1 heterocycles. The molecule has 1 saturated carbocycles. The number of aromatic carboxylic acids is 1. The quantitative estimate of drug-likeness (QED) is 0.816. The van der Waals surface area contributed by atoms with Crippen molar-refractivity contribution in [2.75, 3.05) is 5.32 Å². The lowest BCUT2D eigenvalue weighted by Crippen LogP contribution is -2.49. The van der Waals surface area contributed by atoms with Gasteiger partial charge in [-0.3, -0.25) is 0 Å². The molecule has 108 valence electrons. The molecule has 1 aliphatic heterocycles. The molecule has 1 aliphatic carbocycles. The highest BCUT2D eigenvalue weighted by Gasteiger charge is 2.45. The fourth-order valence-corrected chi connectivity index (χ4v) is 4.21. The molecule has 0 saturated heterocycles. The second kappa shape index (κ2) is 4.51. The first-order valence-corrected chi connectivity index (χ1v) is 7.54. The van der Waals surface area contributed by atoms with E-state index in [1.165, 1.54) is 12.8 Å². The summed E-state index contributed by atoms with van der Waals surface area (Å²) in [5.74, 6) is 0.473. The lowest BCUT2D eigenvalue weighted by atomic mass is 9.61. The highest BCUT2D eigenvalue weighted by molar-refractivity contribution is 5.95. The first kappa shape index (κ1) is 13.5. The Kier molecular flexibility index (Phi) is 3.03. The summed E-state index contributed by atoms with van der Waals surface area (Å²) in [7, 11) is 0. The molecule has 3 rings (SSSR count). The van der Waals surface area contributed by atoms with Gasteiger partial charge in [0.2, 0.25) is 0 Å². The van der Waals surface area contributed by atoms with Gasteiger partial charge < -0.3 is 10.4 Å². The van der Waals surface area contributed by atoms with Crippen LogP contribution >= 0.6 is 0 Å². The van der Waals surface area contributed by atoms with Crippen molar-refractivity contribution in [1.82, 2.24) is 0 Å². The average Bonchev–Trinajstić information content (AvgIpc) is 2.37. The zero-order chi connectivity index (χ0) is 14.5. The SMILES string of the molecule is C[C@H]1CC[C@H]2[C@@H](C1)Nc1c(C(=O)O)cccc1C2(C)C. The molecule has 2 aliphatic rings. The molecular weight excluding hydrogens is 250 g/mol. The summed E-state index contributed by atoms with van der Waals surface area (Å²) in [4.78, 5) is 11.5. The number of anilines is 1. The van der Waals surface area contributed by atoms with Gasteiger partial charge in [0, 0.05) is 6.04 Å². The Bertz CT molecular complexity index is 550. The van der Waals surface area contributed by atoms with Gasteiger partial charge in [-0.05, 0) is 41.7 Å². The van der Waals surface area contributed by atoms with E-state index in [9.17, 15) is 9.90 Å². The fourth-order valence-electron chi connectivity index (χ4n) is 4.21. The summed E-state index contributed by atoms with van der Waals surface area (Å²) in [6.45, 7) is 6.83.